The topological polar surface area (TPSA) is 66.9 Å². The average molecular weight is 389 g/mol. The fourth-order valence-electron chi connectivity index (χ4n) is 3.03. The SMILES string of the molecule is CC(C)c1ccc(Nc2ncc(C(=O)Nc3ccccc3C(C)(C)C)cn2)cc1. The van der Waals surface area contributed by atoms with Gasteiger partial charge in [0.25, 0.3) is 5.91 Å². The zero-order valence-corrected chi connectivity index (χ0v) is 17.7. The van der Waals surface area contributed by atoms with Crippen LogP contribution >= 0.6 is 0 Å². The highest BCUT2D eigenvalue weighted by Gasteiger charge is 2.19. The van der Waals surface area contributed by atoms with E-state index >= 15 is 0 Å². The highest BCUT2D eigenvalue weighted by Crippen LogP contribution is 2.29. The second kappa shape index (κ2) is 8.43. The van der Waals surface area contributed by atoms with E-state index in [0.29, 0.717) is 17.4 Å². The molecule has 29 heavy (non-hydrogen) atoms. The Balaban J connectivity index is 1.69. The monoisotopic (exact) mass is 388 g/mol. The number of aromatic nitrogens is 2. The molecule has 0 saturated carbocycles. The van der Waals surface area contributed by atoms with Crippen molar-refractivity contribution in [2.45, 2.75) is 46.0 Å². The molecule has 0 fully saturated rings. The molecule has 5 nitrogen and oxygen atoms in total. The van der Waals surface area contributed by atoms with Crippen LogP contribution in [-0.2, 0) is 5.41 Å². The summed E-state index contributed by atoms with van der Waals surface area (Å²) < 4.78 is 0. The molecule has 0 spiro atoms. The Morgan fingerprint density at radius 2 is 1.55 bits per heavy atom. The molecule has 0 radical (unpaired) electrons. The first-order valence-electron chi connectivity index (χ1n) is 9.84. The maximum Gasteiger partial charge on any atom is 0.258 e. The van der Waals surface area contributed by atoms with Crippen LogP contribution in [0, 0.1) is 0 Å². The van der Waals surface area contributed by atoms with E-state index in [1.54, 1.807) is 0 Å². The summed E-state index contributed by atoms with van der Waals surface area (Å²) in [5, 5.41) is 6.14. The van der Waals surface area contributed by atoms with Gasteiger partial charge in [-0.1, -0.05) is 65.0 Å². The molecule has 1 aromatic heterocycles. The number of rotatable bonds is 5. The summed E-state index contributed by atoms with van der Waals surface area (Å²) in [4.78, 5) is 21.2. The minimum atomic E-state index is -0.227. The molecule has 2 aromatic carbocycles. The van der Waals surface area contributed by atoms with Crippen LogP contribution in [0.3, 0.4) is 0 Å². The maximum atomic E-state index is 12.7. The van der Waals surface area contributed by atoms with Gasteiger partial charge in [-0.3, -0.25) is 4.79 Å². The predicted octanol–water partition coefficient (Wildman–Crippen LogP) is 5.89. The molecule has 0 saturated heterocycles. The summed E-state index contributed by atoms with van der Waals surface area (Å²) in [6, 6.07) is 16.0. The van der Waals surface area contributed by atoms with Crippen molar-refractivity contribution in [3.63, 3.8) is 0 Å². The van der Waals surface area contributed by atoms with Gasteiger partial charge in [0.05, 0.1) is 5.56 Å². The van der Waals surface area contributed by atoms with Gasteiger partial charge in [-0.05, 0) is 40.7 Å². The molecule has 3 aromatic rings. The number of carbonyl (C=O) groups excluding carboxylic acids is 1. The van der Waals surface area contributed by atoms with E-state index in [4.69, 9.17) is 0 Å². The summed E-state index contributed by atoms with van der Waals surface area (Å²) in [5.41, 5.74) is 4.41. The lowest BCUT2D eigenvalue weighted by Gasteiger charge is -2.23. The second-order valence-electron chi connectivity index (χ2n) is 8.45. The molecular formula is C24H28N4O. The molecule has 0 unspecified atom stereocenters. The van der Waals surface area contributed by atoms with Crippen molar-refractivity contribution in [3.05, 3.63) is 77.6 Å². The normalized spacial score (nSPS) is 11.4. The second-order valence-corrected chi connectivity index (χ2v) is 8.45. The van der Waals surface area contributed by atoms with Crippen LogP contribution in [0.15, 0.2) is 60.9 Å². The summed E-state index contributed by atoms with van der Waals surface area (Å²) in [6.07, 6.45) is 3.07. The van der Waals surface area contributed by atoms with Crippen LogP contribution in [0.5, 0.6) is 0 Å². The van der Waals surface area contributed by atoms with Gasteiger partial charge in [0.2, 0.25) is 5.95 Å². The van der Waals surface area contributed by atoms with Gasteiger partial charge in [0, 0.05) is 23.8 Å². The number of amides is 1. The first kappa shape index (κ1) is 20.5. The summed E-state index contributed by atoms with van der Waals surface area (Å²) >= 11 is 0. The molecule has 0 bridgehead atoms. The number of nitrogens with one attached hydrogen (secondary N) is 2. The average Bonchev–Trinajstić information content (AvgIpc) is 2.68. The number of benzene rings is 2. The Morgan fingerprint density at radius 3 is 2.14 bits per heavy atom. The minimum Gasteiger partial charge on any atom is -0.324 e. The van der Waals surface area contributed by atoms with Crippen molar-refractivity contribution in [2.24, 2.45) is 0 Å². The van der Waals surface area contributed by atoms with Gasteiger partial charge < -0.3 is 10.6 Å². The Hall–Kier alpha value is -3.21. The van der Waals surface area contributed by atoms with Gasteiger partial charge in [0.15, 0.2) is 0 Å². The van der Waals surface area contributed by atoms with Crippen LogP contribution < -0.4 is 10.6 Å². The van der Waals surface area contributed by atoms with E-state index in [9.17, 15) is 4.79 Å². The third-order valence-corrected chi connectivity index (χ3v) is 4.73. The molecule has 1 amide bonds. The van der Waals surface area contributed by atoms with Crippen molar-refractivity contribution in [3.8, 4) is 0 Å². The Bertz CT molecular complexity index is 971. The van der Waals surface area contributed by atoms with Crippen LogP contribution in [0.1, 0.15) is 62.0 Å². The van der Waals surface area contributed by atoms with Gasteiger partial charge in [0.1, 0.15) is 0 Å². The molecule has 2 N–H and O–H groups in total. The van der Waals surface area contributed by atoms with Crippen molar-refractivity contribution in [1.29, 1.82) is 0 Å². The number of carbonyl (C=O) groups is 1. The van der Waals surface area contributed by atoms with E-state index in [1.807, 2.05) is 36.4 Å². The smallest absolute Gasteiger partial charge is 0.258 e. The summed E-state index contributed by atoms with van der Waals surface area (Å²) in [5.74, 6) is 0.713. The molecule has 0 aliphatic heterocycles. The van der Waals surface area contributed by atoms with Crippen molar-refractivity contribution >= 4 is 23.2 Å². The van der Waals surface area contributed by atoms with E-state index < -0.39 is 0 Å². The molecule has 1 heterocycles. The summed E-state index contributed by atoms with van der Waals surface area (Å²) in [7, 11) is 0. The number of hydrogen-bond donors (Lipinski definition) is 2. The highest BCUT2D eigenvalue weighted by atomic mass is 16.1. The number of para-hydroxylation sites is 1. The van der Waals surface area contributed by atoms with E-state index in [0.717, 1.165) is 16.9 Å². The lowest BCUT2D eigenvalue weighted by Crippen LogP contribution is -2.19. The Kier molecular flexibility index (Phi) is 5.97. The molecule has 5 heteroatoms. The van der Waals surface area contributed by atoms with Gasteiger partial charge >= 0.3 is 0 Å². The van der Waals surface area contributed by atoms with Gasteiger partial charge in [-0.25, -0.2) is 9.97 Å². The third-order valence-electron chi connectivity index (χ3n) is 4.73. The molecule has 0 aliphatic carbocycles. The number of nitrogens with zero attached hydrogens (tertiary/aromatic N) is 2. The van der Waals surface area contributed by atoms with E-state index in [1.165, 1.54) is 18.0 Å². The van der Waals surface area contributed by atoms with Crippen molar-refractivity contribution < 1.29 is 4.79 Å². The number of anilines is 3. The standard InChI is InChI=1S/C24H28N4O/c1-16(2)17-10-12-19(13-11-17)27-23-25-14-18(15-26-23)22(29)28-21-9-7-6-8-20(21)24(3,4)5/h6-16H,1-5H3,(H,28,29)(H,25,26,27). The molecule has 3 rings (SSSR count). The fraction of sp³-hybridized carbons (Fsp3) is 0.292. The highest BCUT2D eigenvalue weighted by molar-refractivity contribution is 6.04. The Morgan fingerprint density at radius 1 is 0.931 bits per heavy atom. The van der Waals surface area contributed by atoms with E-state index in [2.05, 4.69) is 67.4 Å². The molecule has 0 aliphatic rings. The van der Waals surface area contributed by atoms with Crippen LogP contribution in [0.2, 0.25) is 0 Å². The van der Waals surface area contributed by atoms with Crippen LogP contribution in [0.25, 0.3) is 0 Å². The molecule has 0 atom stereocenters. The van der Waals surface area contributed by atoms with Gasteiger partial charge in [-0.2, -0.15) is 0 Å². The lowest BCUT2D eigenvalue weighted by atomic mass is 9.86. The van der Waals surface area contributed by atoms with Gasteiger partial charge in [-0.15, -0.1) is 0 Å². The third kappa shape index (κ3) is 5.19. The van der Waals surface area contributed by atoms with Crippen LogP contribution in [0.4, 0.5) is 17.3 Å². The predicted molar refractivity (Wildman–Crippen MR) is 119 cm³/mol. The Labute approximate surface area is 172 Å². The zero-order valence-electron chi connectivity index (χ0n) is 17.7. The zero-order chi connectivity index (χ0) is 21.0. The largest absolute Gasteiger partial charge is 0.324 e. The maximum absolute atomic E-state index is 12.7. The van der Waals surface area contributed by atoms with E-state index in [-0.39, 0.29) is 11.3 Å². The first-order chi connectivity index (χ1) is 13.7. The quantitative estimate of drug-likeness (QED) is 0.571. The van der Waals surface area contributed by atoms with Crippen LogP contribution in [-0.4, -0.2) is 15.9 Å². The number of hydrogen-bond acceptors (Lipinski definition) is 4. The van der Waals surface area contributed by atoms with Crippen molar-refractivity contribution in [2.75, 3.05) is 10.6 Å². The lowest BCUT2D eigenvalue weighted by molar-refractivity contribution is 0.102. The first-order valence-corrected chi connectivity index (χ1v) is 9.84. The fourth-order valence-corrected chi connectivity index (χ4v) is 3.03. The molecular weight excluding hydrogens is 360 g/mol. The van der Waals surface area contributed by atoms with Crippen molar-refractivity contribution in [1.82, 2.24) is 9.97 Å². The minimum absolute atomic E-state index is 0.0702. The molecule has 150 valence electrons. The summed E-state index contributed by atoms with van der Waals surface area (Å²) in [6.45, 7) is 10.7.